The Morgan fingerprint density at radius 1 is 1.24 bits per heavy atom. The van der Waals surface area contributed by atoms with Gasteiger partial charge in [-0.1, -0.05) is 37.3 Å². The second-order valence-corrected chi connectivity index (χ2v) is 5.76. The normalized spacial score (nSPS) is 13.3. The summed E-state index contributed by atoms with van der Waals surface area (Å²) in [6.45, 7) is 2.65. The van der Waals surface area contributed by atoms with Gasteiger partial charge in [-0.3, -0.25) is 0 Å². The maximum absolute atomic E-state index is 12.6. The van der Waals surface area contributed by atoms with Crippen molar-refractivity contribution in [1.29, 1.82) is 0 Å². The minimum atomic E-state index is -4.36. The van der Waals surface area contributed by atoms with Crippen molar-refractivity contribution < 1.29 is 13.2 Å². The van der Waals surface area contributed by atoms with Crippen LogP contribution in [0.4, 0.5) is 13.2 Å². The summed E-state index contributed by atoms with van der Waals surface area (Å²) in [6.07, 6.45) is -1.46. The summed E-state index contributed by atoms with van der Waals surface area (Å²) in [7, 11) is 0. The van der Waals surface area contributed by atoms with Crippen LogP contribution in [0.1, 0.15) is 34.8 Å². The molecule has 0 fully saturated rings. The van der Waals surface area contributed by atoms with E-state index in [0.717, 1.165) is 24.2 Å². The van der Waals surface area contributed by atoms with Gasteiger partial charge in [0.2, 0.25) is 0 Å². The highest BCUT2D eigenvalue weighted by molar-refractivity contribution is 7.11. The summed E-state index contributed by atoms with van der Waals surface area (Å²) >= 11 is 0.724. The topological polar surface area (TPSA) is 24.9 Å². The largest absolute Gasteiger partial charge is 0.443 e. The minimum Gasteiger partial charge on any atom is -0.309 e. The molecule has 6 heteroatoms. The Labute approximate surface area is 126 Å². The Morgan fingerprint density at radius 3 is 2.52 bits per heavy atom. The molecule has 1 unspecified atom stereocenters. The second-order valence-electron chi connectivity index (χ2n) is 4.70. The smallest absolute Gasteiger partial charge is 0.309 e. The summed E-state index contributed by atoms with van der Waals surface area (Å²) in [5.41, 5.74) is 1.18. The minimum absolute atomic E-state index is 0.0937. The Kier molecular flexibility index (Phi) is 5.36. The number of thiazole rings is 1. The molecule has 0 saturated heterocycles. The predicted molar refractivity (Wildman–Crippen MR) is 78.3 cm³/mol. The number of nitrogens with one attached hydrogen (secondary N) is 1. The number of benzene rings is 1. The molecule has 1 aromatic carbocycles. The van der Waals surface area contributed by atoms with E-state index in [4.69, 9.17) is 0 Å². The number of rotatable bonds is 6. The van der Waals surface area contributed by atoms with Gasteiger partial charge in [0.05, 0.1) is 0 Å². The van der Waals surface area contributed by atoms with E-state index in [1.807, 2.05) is 37.3 Å². The predicted octanol–water partition coefficient (Wildman–Crippen LogP) is 4.45. The fraction of sp³-hybridized carbons (Fsp3) is 0.400. The highest BCUT2D eigenvalue weighted by Gasteiger charge is 2.35. The highest BCUT2D eigenvalue weighted by atomic mass is 32.1. The first-order valence-corrected chi connectivity index (χ1v) is 7.62. The van der Waals surface area contributed by atoms with Gasteiger partial charge in [-0.15, -0.1) is 11.3 Å². The van der Waals surface area contributed by atoms with Gasteiger partial charge in [0.15, 0.2) is 5.01 Å². The van der Waals surface area contributed by atoms with Crippen LogP contribution in [0.25, 0.3) is 0 Å². The maximum Gasteiger partial charge on any atom is 0.443 e. The van der Waals surface area contributed by atoms with Gasteiger partial charge in [-0.05, 0) is 24.9 Å². The average Bonchev–Trinajstić information content (AvgIpc) is 2.94. The molecule has 0 aliphatic rings. The molecular weight excluding hydrogens is 297 g/mol. The van der Waals surface area contributed by atoms with Crippen LogP contribution in [0.15, 0.2) is 36.5 Å². The van der Waals surface area contributed by atoms with E-state index in [1.165, 1.54) is 11.8 Å². The first kappa shape index (κ1) is 16.0. The van der Waals surface area contributed by atoms with E-state index < -0.39 is 11.2 Å². The molecule has 1 atom stereocenters. The number of hydrogen-bond acceptors (Lipinski definition) is 3. The van der Waals surface area contributed by atoms with Gasteiger partial charge in [0.1, 0.15) is 0 Å². The van der Waals surface area contributed by atoms with E-state index in [9.17, 15) is 13.2 Å². The van der Waals surface area contributed by atoms with E-state index in [1.54, 1.807) is 0 Å². The zero-order valence-corrected chi connectivity index (χ0v) is 12.5. The van der Waals surface area contributed by atoms with Crippen molar-refractivity contribution in [3.8, 4) is 0 Å². The van der Waals surface area contributed by atoms with Gasteiger partial charge in [0, 0.05) is 17.1 Å². The zero-order valence-electron chi connectivity index (χ0n) is 11.7. The number of nitrogens with zero attached hydrogens (tertiary/aromatic N) is 1. The van der Waals surface area contributed by atoms with E-state index >= 15 is 0 Å². The van der Waals surface area contributed by atoms with E-state index in [2.05, 4.69) is 10.3 Å². The molecule has 2 nitrogen and oxygen atoms in total. The Balaban J connectivity index is 2.06. The van der Waals surface area contributed by atoms with Crippen LogP contribution in [0.2, 0.25) is 0 Å². The first-order chi connectivity index (χ1) is 10.0. The lowest BCUT2D eigenvalue weighted by Crippen LogP contribution is -2.20. The van der Waals surface area contributed by atoms with Gasteiger partial charge in [-0.25, -0.2) is 4.98 Å². The van der Waals surface area contributed by atoms with Crippen LogP contribution < -0.4 is 5.32 Å². The van der Waals surface area contributed by atoms with Crippen LogP contribution in [-0.2, 0) is 12.6 Å². The molecule has 21 heavy (non-hydrogen) atoms. The lowest BCUT2D eigenvalue weighted by Gasteiger charge is -2.16. The molecule has 0 amide bonds. The molecule has 0 radical (unpaired) electrons. The molecule has 0 bridgehead atoms. The molecule has 0 saturated carbocycles. The fourth-order valence-electron chi connectivity index (χ4n) is 2.13. The molecule has 2 rings (SSSR count). The number of alkyl halides is 3. The molecule has 1 heterocycles. The first-order valence-electron chi connectivity index (χ1n) is 6.81. The van der Waals surface area contributed by atoms with Crippen molar-refractivity contribution in [1.82, 2.24) is 10.3 Å². The van der Waals surface area contributed by atoms with Crippen LogP contribution in [-0.4, -0.2) is 11.5 Å². The third kappa shape index (κ3) is 4.54. The fourth-order valence-corrected chi connectivity index (χ4v) is 3.02. The lowest BCUT2D eigenvalue weighted by molar-refractivity contribution is -0.137. The quantitative estimate of drug-likeness (QED) is 0.852. The SMILES string of the molecule is CCNC(CCc1ccccc1)c1cnc(C(F)(F)F)s1. The summed E-state index contributed by atoms with van der Waals surface area (Å²) in [4.78, 5) is 4.14. The Bertz CT molecular complexity index is 552. The van der Waals surface area contributed by atoms with Gasteiger partial charge in [-0.2, -0.15) is 13.2 Å². The van der Waals surface area contributed by atoms with Crippen molar-refractivity contribution in [2.24, 2.45) is 0 Å². The van der Waals surface area contributed by atoms with Gasteiger partial charge >= 0.3 is 6.18 Å². The summed E-state index contributed by atoms with van der Waals surface area (Å²) in [5.74, 6) is 0. The lowest BCUT2D eigenvalue weighted by atomic mass is 10.0. The summed E-state index contributed by atoms with van der Waals surface area (Å²) < 4.78 is 37.9. The number of hydrogen-bond donors (Lipinski definition) is 1. The molecule has 1 N–H and O–H groups in total. The van der Waals surface area contributed by atoms with Crippen molar-refractivity contribution in [3.63, 3.8) is 0 Å². The van der Waals surface area contributed by atoms with Crippen molar-refractivity contribution in [2.75, 3.05) is 6.54 Å². The molecular formula is C15H17F3N2S. The van der Waals surface area contributed by atoms with Crippen molar-refractivity contribution >= 4 is 11.3 Å². The third-order valence-electron chi connectivity index (χ3n) is 3.12. The van der Waals surface area contributed by atoms with Crippen LogP contribution in [0.3, 0.4) is 0 Å². The molecule has 0 aliphatic heterocycles. The summed E-state index contributed by atoms with van der Waals surface area (Å²) in [5, 5.41) is 2.46. The number of halogens is 3. The number of aromatic nitrogens is 1. The number of aryl methyl sites for hydroxylation is 1. The monoisotopic (exact) mass is 314 g/mol. The average molecular weight is 314 g/mol. The Morgan fingerprint density at radius 2 is 1.95 bits per heavy atom. The van der Waals surface area contributed by atoms with Crippen LogP contribution >= 0.6 is 11.3 Å². The van der Waals surface area contributed by atoms with Crippen molar-refractivity contribution in [2.45, 2.75) is 32.0 Å². The third-order valence-corrected chi connectivity index (χ3v) is 4.28. The zero-order chi connectivity index (χ0) is 15.3. The van der Waals surface area contributed by atoms with E-state index in [0.29, 0.717) is 11.4 Å². The molecule has 114 valence electrons. The van der Waals surface area contributed by atoms with Crippen LogP contribution in [0, 0.1) is 0 Å². The maximum atomic E-state index is 12.6. The van der Waals surface area contributed by atoms with Crippen molar-refractivity contribution in [3.05, 3.63) is 52.0 Å². The molecule has 0 spiro atoms. The Hall–Kier alpha value is -1.40. The molecule has 0 aliphatic carbocycles. The molecule has 1 aromatic heterocycles. The van der Waals surface area contributed by atoms with Gasteiger partial charge in [0.25, 0.3) is 0 Å². The molecule has 2 aromatic rings. The highest BCUT2D eigenvalue weighted by Crippen LogP contribution is 2.35. The van der Waals surface area contributed by atoms with Crippen LogP contribution in [0.5, 0.6) is 0 Å². The summed E-state index contributed by atoms with van der Waals surface area (Å²) in [6, 6.07) is 9.83. The standard InChI is InChI=1S/C15H17F3N2S/c1-2-19-12(9-8-11-6-4-3-5-7-11)13-10-20-14(21-13)15(16,17)18/h3-7,10,12,19H,2,8-9H2,1H3. The second kappa shape index (κ2) is 7.04. The van der Waals surface area contributed by atoms with E-state index in [-0.39, 0.29) is 6.04 Å². The van der Waals surface area contributed by atoms with Gasteiger partial charge < -0.3 is 5.32 Å².